The molecule has 5 atom stereocenters. The van der Waals surface area contributed by atoms with Gasteiger partial charge in [-0.25, -0.2) is 0 Å². The molecule has 2 saturated carbocycles. The van der Waals surface area contributed by atoms with Crippen molar-refractivity contribution in [3.8, 4) is 0 Å². The van der Waals surface area contributed by atoms with Gasteiger partial charge in [-0.1, -0.05) is 25.1 Å². The minimum atomic E-state index is 0.596. The molecule has 1 heterocycles. The number of hydrogen-bond acceptors (Lipinski definition) is 2. The zero-order valence-corrected chi connectivity index (χ0v) is 11.1. The van der Waals surface area contributed by atoms with Crippen LogP contribution in [0.4, 0.5) is 0 Å². The molecule has 0 aromatic rings. The summed E-state index contributed by atoms with van der Waals surface area (Å²) < 4.78 is 0. The van der Waals surface area contributed by atoms with Gasteiger partial charge in [-0.2, -0.15) is 0 Å². The highest BCUT2D eigenvalue weighted by Crippen LogP contribution is 2.46. The van der Waals surface area contributed by atoms with E-state index in [1.54, 1.807) is 0 Å². The van der Waals surface area contributed by atoms with Crippen molar-refractivity contribution in [2.24, 2.45) is 22.7 Å². The van der Waals surface area contributed by atoms with Crippen LogP contribution in [0.3, 0.4) is 0 Å². The Balaban J connectivity index is 1.64. The quantitative estimate of drug-likeness (QED) is 0.759. The molecule has 1 N–H and O–H groups in total. The molecule has 3 aliphatic rings. The number of hydrogen-bond donors (Lipinski definition) is 1. The maximum atomic E-state index is 4.97. The summed E-state index contributed by atoms with van der Waals surface area (Å²) >= 11 is 1.93. The third-order valence-corrected chi connectivity index (χ3v) is 5.86. The standard InChI is InChI=1S/C13H22N2S/c1-8-7-16-13(14-9(8)2)15-12-6-10-3-4-11(12)5-10/h8-12H,3-7H2,1-2H3,(H,14,15). The Kier molecular flexibility index (Phi) is 2.90. The molecule has 3 rings (SSSR count). The van der Waals surface area contributed by atoms with Gasteiger partial charge in [0.2, 0.25) is 0 Å². The van der Waals surface area contributed by atoms with Gasteiger partial charge < -0.3 is 5.32 Å². The molecule has 0 amide bonds. The zero-order valence-electron chi connectivity index (χ0n) is 10.3. The fourth-order valence-electron chi connectivity index (χ4n) is 3.33. The monoisotopic (exact) mass is 238 g/mol. The molecule has 16 heavy (non-hydrogen) atoms. The molecule has 3 heteroatoms. The summed E-state index contributed by atoms with van der Waals surface area (Å²) in [5.74, 6) is 3.91. The van der Waals surface area contributed by atoms with E-state index in [2.05, 4.69) is 19.2 Å². The van der Waals surface area contributed by atoms with Gasteiger partial charge in [0.15, 0.2) is 5.17 Å². The molecule has 0 spiro atoms. The highest BCUT2D eigenvalue weighted by Gasteiger charge is 2.39. The van der Waals surface area contributed by atoms with Crippen LogP contribution in [0.1, 0.15) is 39.5 Å². The van der Waals surface area contributed by atoms with Gasteiger partial charge in [0.05, 0.1) is 6.04 Å². The molecule has 2 nitrogen and oxygen atoms in total. The predicted molar refractivity (Wildman–Crippen MR) is 70.9 cm³/mol. The van der Waals surface area contributed by atoms with Crippen LogP contribution >= 0.6 is 11.8 Å². The van der Waals surface area contributed by atoms with E-state index >= 15 is 0 Å². The maximum absolute atomic E-state index is 4.97. The Hall–Kier alpha value is -0.180. The number of thioether (sulfide) groups is 1. The molecule has 2 aliphatic carbocycles. The minimum absolute atomic E-state index is 0.596. The summed E-state index contributed by atoms with van der Waals surface area (Å²) in [4.78, 5) is 4.97. The van der Waals surface area contributed by atoms with Crippen molar-refractivity contribution in [2.75, 3.05) is 5.75 Å². The molecule has 1 saturated heterocycles. The Labute approximate surface area is 103 Å². The molecule has 5 unspecified atom stereocenters. The summed E-state index contributed by atoms with van der Waals surface area (Å²) in [6.45, 7) is 4.60. The second-order valence-corrected chi connectivity index (χ2v) is 6.91. The van der Waals surface area contributed by atoms with Crippen LogP contribution in [0.15, 0.2) is 4.99 Å². The van der Waals surface area contributed by atoms with Crippen molar-refractivity contribution in [3.05, 3.63) is 0 Å². The lowest BCUT2D eigenvalue weighted by atomic mass is 9.96. The van der Waals surface area contributed by atoms with Crippen LogP contribution < -0.4 is 5.32 Å². The van der Waals surface area contributed by atoms with Gasteiger partial charge in [-0.05, 0) is 43.9 Å². The minimum Gasteiger partial charge on any atom is -0.362 e. The van der Waals surface area contributed by atoms with Gasteiger partial charge in [0.25, 0.3) is 0 Å². The molecule has 0 radical (unpaired) electrons. The number of rotatable bonds is 1. The van der Waals surface area contributed by atoms with Crippen LogP contribution in [0.2, 0.25) is 0 Å². The lowest BCUT2D eigenvalue weighted by Crippen LogP contribution is -2.42. The van der Waals surface area contributed by atoms with Crippen molar-refractivity contribution in [2.45, 2.75) is 51.6 Å². The maximum Gasteiger partial charge on any atom is 0.157 e. The Morgan fingerprint density at radius 3 is 2.75 bits per heavy atom. The highest BCUT2D eigenvalue weighted by atomic mass is 32.2. The number of amidine groups is 1. The molecule has 90 valence electrons. The fraction of sp³-hybridized carbons (Fsp3) is 0.923. The molecular formula is C13H22N2S. The average Bonchev–Trinajstić information content (AvgIpc) is 2.85. The average molecular weight is 238 g/mol. The lowest BCUT2D eigenvalue weighted by molar-refractivity contribution is 0.417. The molecule has 1 aliphatic heterocycles. The molecule has 2 bridgehead atoms. The first-order chi connectivity index (χ1) is 7.72. The van der Waals surface area contributed by atoms with Gasteiger partial charge >= 0.3 is 0 Å². The predicted octanol–water partition coefficient (Wildman–Crippen LogP) is 2.89. The van der Waals surface area contributed by atoms with Crippen LogP contribution in [0.25, 0.3) is 0 Å². The summed E-state index contributed by atoms with van der Waals surface area (Å²) in [5, 5.41) is 4.79. The first kappa shape index (κ1) is 10.9. The Morgan fingerprint density at radius 2 is 2.12 bits per heavy atom. The Bertz CT molecular complexity index is 302. The summed E-state index contributed by atoms with van der Waals surface area (Å²) in [6, 6.07) is 1.24. The summed E-state index contributed by atoms with van der Waals surface area (Å²) in [7, 11) is 0. The lowest BCUT2D eigenvalue weighted by Gasteiger charge is -2.29. The van der Waals surface area contributed by atoms with Gasteiger partial charge in [-0.15, -0.1) is 0 Å². The third-order valence-electron chi connectivity index (χ3n) is 4.67. The smallest absolute Gasteiger partial charge is 0.157 e. The SMILES string of the molecule is CC1CSC(=NC2CC3CCC2C3)NC1C. The summed E-state index contributed by atoms with van der Waals surface area (Å²) in [6.07, 6.45) is 5.72. The summed E-state index contributed by atoms with van der Waals surface area (Å²) in [5.41, 5.74) is 0. The van der Waals surface area contributed by atoms with E-state index in [1.165, 1.54) is 36.6 Å². The number of nitrogens with one attached hydrogen (secondary N) is 1. The van der Waals surface area contributed by atoms with E-state index < -0.39 is 0 Å². The normalized spacial score (nSPS) is 49.6. The first-order valence-corrected chi connectivity index (χ1v) is 7.68. The van der Waals surface area contributed by atoms with E-state index in [9.17, 15) is 0 Å². The van der Waals surface area contributed by atoms with E-state index in [-0.39, 0.29) is 0 Å². The highest BCUT2D eigenvalue weighted by molar-refractivity contribution is 8.13. The van der Waals surface area contributed by atoms with Gasteiger partial charge in [0, 0.05) is 11.8 Å². The van der Waals surface area contributed by atoms with Crippen LogP contribution in [-0.2, 0) is 0 Å². The van der Waals surface area contributed by atoms with Crippen molar-refractivity contribution in [1.29, 1.82) is 0 Å². The number of aliphatic imine (C=N–C) groups is 1. The topological polar surface area (TPSA) is 24.4 Å². The zero-order chi connectivity index (χ0) is 11.1. The van der Waals surface area contributed by atoms with Crippen molar-refractivity contribution < 1.29 is 0 Å². The van der Waals surface area contributed by atoms with Gasteiger partial charge in [-0.3, -0.25) is 4.99 Å². The van der Waals surface area contributed by atoms with E-state index in [4.69, 9.17) is 4.99 Å². The van der Waals surface area contributed by atoms with E-state index in [0.717, 1.165) is 17.8 Å². The first-order valence-electron chi connectivity index (χ1n) is 6.69. The molecule has 0 aromatic carbocycles. The molecule has 3 fully saturated rings. The largest absolute Gasteiger partial charge is 0.362 e. The van der Waals surface area contributed by atoms with Gasteiger partial charge in [0.1, 0.15) is 0 Å². The third kappa shape index (κ3) is 1.99. The molecule has 0 aromatic heterocycles. The van der Waals surface area contributed by atoms with E-state index in [1.807, 2.05) is 11.8 Å². The second-order valence-electron chi connectivity index (χ2n) is 5.90. The Morgan fingerprint density at radius 1 is 1.25 bits per heavy atom. The number of nitrogens with zero attached hydrogens (tertiary/aromatic N) is 1. The van der Waals surface area contributed by atoms with Crippen molar-refractivity contribution >= 4 is 16.9 Å². The second kappa shape index (κ2) is 4.25. The van der Waals surface area contributed by atoms with Crippen LogP contribution in [-0.4, -0.2) is 23.0 Å². The van der Waals surface area contributed by atoms with Crippen LogP contribution in [0.5, 0.6) is 0 Å². The van der Waals surface area contributed by atoms with Crippen LogP contribution in [0, 0.1) is 17.8 Å². The fourth-order valence-corrected chi connectivity index (χ4v) is 4.52. The van der Waals surface area contributed by atoms with E-state index in [0.29, 0.717) is 12.1 Å². The molecular weight excluding hydrogens is 216 g/mol. The number of fused-ring (bicyclic) bond motifs is 2. The van der Waals surface area contributed by atoms with Crippen molar-refractivity contribution in [3.63, 3.8) is 0 Å². The van der Waals surface area contributed by atoms with Crippen molar-refractivity contribution in [1.82, 2.24) is 5.32 Å².